The minimum Gasteiger partial charge on any atom is -0.396 e. The highest BCUT2D eigenvalue weighted by Crippen LogP contribution is 2.15. The number of rotatable bonds is 4. The maximum absolute atomic E-state index is 11.3. The Bertz CT molecular complexity index is 571. The van der Waals surface area contributed by atoms with Crippen LogP contribution >= 0.6 is 0 Å². The van der Waals surface area contributed by atoms with Crippen molar-refractivity contribution in [1.29, 1.82) is 0 Å². The van der Waals surface area contributed by atoms with Gasteiger partial charge in [0.05, 0.1) is 0 Å². The van der Waals surface area contributed by atoms with Crippen molar-refractivity contribution in [2.24, 2.45) is 0 Å². The van der Waals surface area contributed by atoms with E-state index in [9.17, 15) is 4.79 Å². The predicted molar refractivity (Wildman–Crippen MR) is 63.0 cm³/mol. The van der Waals surface area contributed by atoms with E-state index in [2.05, 4.69) is 20.6 Å². The molecule has 0 saturated carbocycles. The Morgan fingerprint density at radius 3 is 3.00 bits per heavy atom. The Hall–Kier alpha value is -1.89. The number of aromatic nitrogens is 4. The second-order valence-electron chi connectivity index (χ2n) is 4.50. The van der Waals surface area contributed by atoms with Gasteiger partial charge < -0.3 is 10.4 Å². The van der Waals surface area contributed by atoms with Crippen molar-refractivity contribution >= 4 is 11.5 Å². The first-order valence-corrected chi connectivity index (χ1v) is 5.35. The molecule has 0 aliphatic carbocycles. The summed E-state index contributed by atoms with van der Waals surface area (Å²) in [6, 6.07) is 3.44. The molecule has 0 bridgehead atoms. The van der Waals surface area contributed by atoms with E-state index in [1.807, 2.05) is 13.8 Å². The summed E-state index contributed by atoms with van der Waals surface area (Å²) >= 11 is 0. The SMILES string of the molecule is CC(C)(CCO)Nc1ccc2n[nH]c(=O)n2n1. The molecule has 7 nitrogen and oxygen atoms in total. The van der Waals surface area contributed by atoms with Gasteiger partial charge >= 0.3 is 5.69 Å². The Balaban J connectivity index is 2.30. The lowest BCUT2D eigenvalue weighted by atomic mass is 10.0. The molecule has 0 spiro atoms. The Morgan fingerprint density at radius 2 is 2.29 bits per heavy atom. The van der Waals surface area contributed by atoms with E-state index in [-0.39, 0.29) is 17.8 Å². The zero-order valence-electron chi connectivity index (χ0n) is 9.77. The highest BCUT2D eigenvalue weighted by molar-refractivity contribution is 5.44. The van der Waals surface area contributed by atoms with Gasteiger partial charge in [-0.05, 0) is 32.4 Å². The van der Waals surface area contributed by atoms with E-state index >= 15 is 0 Å². The highest BCUT2D eigenvalue weighted by Gasteiger charge is 2.17. The number of hydrogen-bond acceptors (Lipinski definition) is 5. The molecule has 2 aromatic rings. The molecule has 3 N–H and O–H groups in total. The molecule has 2 rings (SSSR count). The Morgan fingerprint density at radius 1 is 1.53 bits per heavy atom. The average molecular weight is 237 g/mol. The first-order valence-electron chi connectivity index (χ1n) is 5.35. The third kappa shape index (κ3) is 2.44. The van der Waals surface area contributed by atoms with Gasteiger partial charge in [0.1, 0.15) is 5.82 Å². The molecule has 17 heavy (non-hydrogen) atoms. The molecule has 0 atom stereocenters. The maximum Gasteiger partial charge on any atom is 0.364 e. The van der Waals surface area contributed by atoms with Crippen LogP contribution in [0.15, 0.2) is 16.9 Å². The molecule has 0 aromatic carbocycles. The van der Waals surface area contributed by atoms with Gasteiger partial charge in [-0.3, -0.25) is 0 Å². The summed E-state index contributed by atoms with van der Waals surface area (Å²) < 4.78 is 1.19. The molecule has 2 heterocycles. The standard InChI is InChI=1S/C10H15N5O2/c1-10(2,5-6-16)11-7-3-4-8-12-13-9(17)15(8)14-7/h3-4,16H,5-6H2,1-2H3,(H,11,14)(H,13,17). The molecule has 2 aromatic heterocycles. The van der Waals surface area contributed by atoms with Gasteiger partial charge in [0.2, 0.25) is 0 Å². The molecule has 0 saturated heterocycles. The Labute approximate surface area is 97.5 Å². The fourth-order valence-electron chi connectivity index (χ4n) is 1.56. The summed E-state index contributed by atoms with van der Waals surface area (Å²) in [7, 11) is 0. The number of hydrogen-bond donors (Lipinski definition) is 3. The number of H-pyrrole nitrogens is 1. The van der Waals surface area contributed by atoms with E-state index in [4.69, 9.17) is 5.11 Å². The van der Waals surface area contributed by atoms with Crippen LogP contribution in [0.25, 0.3) is 5.65 Å². The van der Waals surface area contributed by atoms with Crippen LogP contribution in [-0.2, 0) is 0 Å². The molecule has 0 fully saturated rings. The summed E-state index contributed by atoms with van der Waals surface area (Å²) in [6.45, 7) is 3.99. The van der Waals surface area contributed by atoms with Crippen molar-refractivity contribution in [1.82, 2.24) is 19.8 Å². The number of anilines is 1. The third-order valence-corrected chi connectivity index (χ3v) is 2.48. The molecule has 7 heteroatoms. The lowest BCUT2D eigenvalue weighted by Crippen LogP contribution is -2.32. The highest BCUT2D eigenvalue weighted by atomic mass is 16.3. The van der Waals surface area contributed by atoms with Gasteiger partial charge in [-0.1, -0.05) is 0 Å². The quantitative estimate of drug-likeness (QED) is 0.695. The lowest BCUT2D eigenvalue weighted by Gasteiger charge is -2.25. The number of nitrogens with one attached hydrogen (secondary N) is 2. The second-order valence-corrected chi connectivity index (χ2v) is 4.50. The van der Waals surface area contributed by atoms with Gasteiger partial charge in [0.15, 0.2) is 5.65 Å². The van der Waals surface area contributed by atoms with E-state index in [0.29, 0.717) is 17.9 Å². The number of aliphatic hydroxyl groups excluding tert-OH is 1. The molecular formula is C10H15N5O2. The summed E-state index contributed by atoms with van der Waals surface area (Å²) in [5.74, 6) is 0.569. The molecule has 0 unspecified atom stereocenters. The van der Waals surface area contributed by atoms with Crippen LogP contribution in [0.2, 0.25) is 0 Å². The summed E-state index contributed by atoms with van der Waals surface area (Å²) in [4.78, 5) is 11.3. The molecule has 0 amide bonds. The predicted octanol–water partition coefficient (Wildman–Crippen LogP) is -0.00950. The number of nitrogens with zero attached hydrogens (tertiary/aromatic N) is 3. The van der Waals surface area contributed by atoms with E-state index in [0.717, 1.165) is 0 Å². The van der Waals surface area contributed by atoms with Crippen LogP contribution in [0.1, 0.15) is 20.3 Å². The van der Waals surface area contributed by atoms with Crippen LogP contribution in [0.4, 0.5) is 5.82 Å². The normalized spacial score (nSPS) is 11.9. The first-order chi connectivity index (χ1) is 8.02. The summed E-state index contributed by atoms with van der Waals surface area (Å²) in [5.41, 5.74) is -0.188. The van der Waals surface area contributed by atoms with Crippen LogP contribution in [0, 0.1) is 0 Å². The van der Waals surface area contributed by atoms with E-state index in [1.165, 1.54) is 4.52 Å². The first kappa shape index (κ1) is 11.6. The van der Waals surface area contributed by atoms with Crippen molar-refractivity contribution in [2.45, 2.75) is 25.8 Å². The number of fused-ring (bicyclic) bond motifs is 1. The fraction of sp³-hybridized carbons (Fsp3) is 0.500. The van der Waals surface area contributed by atoms with Crippen molar-refractivity contribution in [3.05, 3.63) is 22.6 Å². The second kappa shape index (κ2) is 4.17. The third-order valence-electron chi connectivity index (χ3n) is 2.48. The van der Waals surface area contributed by atoms with Crippen LogP contribution in [-0.4, -0.2) is 37.1 Å². The zero-order valence-corrected chi connectivity index (χ0v) is 9.77. The van der Waals surface area contributed by atoms with E-state index < -0.39 is 0 Å². The van der Waals surface area contributed by atoms with Gasteiger partial charge in [0, 0.05) is 12.1 Å². The maximum atomic E-state index is 11.3. The minimum absolute atomic E-state index is 0.0912. The average Bonchev–Trinajstić information content (AvgIpc) is 2.60. The molecule has 0 radical (unpaired) electrons. The fourth-order valence-corrected chi connectivity index (χ4v) is 1.56. The van der Waals surface area contributed by atoms with Gasteiger partial charge in [0.25, 0.3) is 0 Å². The number of aromatic amines is 1. The molecular weight excluding hydrogens is 222 g/mol. The largest absolute Gasteiger partial charge is 0.396 e. The van der Waals surface area contributed by atoms with Gasteiger partial charge in [-0.2, -0.15) is 9.61 Å². The summed E-state index contributed by atoms with van der Waals surface area (Å²) in [6.07, 6.45) is 0.590. The van der Waals surface area contributed by atoms with Crippen molar-refractivity contribution in [3.63, 3.8) is 0 Å². The minimum atomic E-state index is -0.372. The van der Waals surface area contributed by atoms with Gasteiger partial charge in [-0.15, -0.1) is 5.10 Å². The topological polar surface area (TPSA) is 95.3 Å². The molecule has 0 aliphatic heterocycles. The van der Waals surface area contributed by atoms with E-state index in [1.54, 1.807) is 12.1 Å². The van der Waals surface area contributed by atoms with Crippen molar-refractivity contribution in [3.8, 4) is 0 Å². The van der Waals surface area contributed by atoms with Crippen LogP contribution < -0.4 is 11.0 Å². The zero-order chi connectivity index (χ0) is 12.5. The van der Waals surface area contributed by atoms with Crippen LogP contribution in [0.5, 0.6) is 0 Å². The monoisotopic (exact) mass is 237 g/mol. The lowest BCUT2D eigenvalue weighted by molar-refractivity contribution is 0.260. The molecule has 92 valence electrons. The number of aliphatic hydroxyl groups is 1. The summed E-state index contributed by atoms with van der Waals surface area (Å²) in [5, 5.41) is 22.3. The van der Waals surface area contributed by atoms with Crippen molar-refractivity contribution in [2.75, 3.05) is 11.9 Å². The smallest absolute Gasteiger partial charge is 0.364 e. The van der Waals surface area contributed by atoms with Gasteiger partial charge in [-0.25, -0.2) is 9.89 Å². The Kier molecular flexibility index (Phi) is 2.84. The van der Waals surface area contributed by atoms with Crippen LogP contribution in [0.3, 0.4) is 0 Å². The van der Waals surface area contributed by atoms with Crippen molar-refractivity contribution < 1.29 is 5.11 Å². The molecule has 0 aliphatic rings.